The molecule has 0 aliphatic rings. The second-order valence-corrected chi connectivity index (χ2v) is 6.00. The normalized spacial score (nSPS) is 10.5. The Bertz CT molecular complexity index is 48.1. The molecule has 0 heteroatoms. The monoisotopic (exact) mass is 177 g/mol. The number of hydrogen-bond donors (Lipinski definition) is 0. The third kappa shape index (κ3) is 0. The van der Waals surface area contributed by atoms with Gasteiger partial charge in [-0.2, -0.15) is 0 Å². The van der Waals surface area contributed by atoms with E-state index in [1.165, 1.54) is 0 Å². The average molecular weight is 177 g/mol. The molecule has 12 heavy (non-hydrogen) atoms. The Morgan fingerprint density at radius 1 is 0.500 bits per heavy atom. The summed E-state index contributed by atoms with van der Waals surface area (Å²) in [7, 11) is 0. The zero-order chi connectivity index (χ0) is 11.0. The van der Waals surface area contributed by atoms with E-state index in [1.54, 1.807) is 0 Å². The topological polar surface area (TPSA) is 0 Å². The van der Waals surface area contributed by atoms with Crippen LogP contribution < -0.4 is 0 Å². The SMILES string of the molecule is CC.CC(C)(C)C.CC(C)(C)C.[2HH]. The zero-order valence-electron chi connectivity index (χ0n) is 11.0. The molecule has 0 radical (unpaired) electrons. The van der Waals surface area contributed by atoms with Crippen LogP contribution in [0.3, 0.4) is 0 Å². The number of hydrogen-bond acceptors (Lipinski definition) is 0. The van der Waals surface area contributed by atoms with Crippen molar-refractivity contribution in [3.8, 4) is 0 Å². The van der Waals surface area contributed by atoms with Crippen LogP contribution in [-0.2, 0) is 0 Å². The summed E-state index contributed by atoms with van der Waals surface area (Å²) in [5.74, 6) is 0. The lowest BCUT2D eigenvalue weighted by Gasteiger charge is -2.05. The van der Waals surface area contributed by atoms with Crippen molar-refractivity contribution in [1.29, 1.82) is 0 Å². The van der Waals surface area contributed by atoms with Gasteiger partial charge in [0.05, 0.1) is 0 Å². The Hall–Kier alpha value is 0. The van der Waals surface area contributed by atoms with Gasteiger partial charge in [0.15, 0.2) is 0 Å². The van der Waals surface area contributed by atoms with Crippen molar-refractivity contribution in [1.82, 2.24) is 0 Å². The quantitative estimate of drug-likeness (QED) is 0.466. The van der Waals surface area contributed by atoms with Gasteiger partial charge in [-0.1, -0.05) is 69.2 Å². The Morgan fingerprint density at radius 3 is 0.500 bits per heavy atom. The van der Waals surface area contributed by atoms with E-state index >= 15 is 0 Å². The molecule has 0 spiro atoms. The Kier molecular flexibility index (Phi) is 11.4. The van der Waals surface area contributed by atoms with Gasteiger partial charge in [-0.25, -0.2) is 0 Å². The first-order valence-electron chi connectivity index (χ1n) is 5.00. The van der Waals surface area contributed by atoms with Crippen LogP contribution in [-0.4, -0.2) is 0 Å². The predicted octanol–water partition coefficient (Wildman–Crippen LogP) is 5.38. The third-order valence-corrected chi connectivity index (χ3v) is 0. The van der Waals surface area contributed by atoms with Gasteiger partial charge in [0.25, 0.3) is 0 Å². The molecule has 0 aromatic rings. The Labute approximate surface area is 82.3 Å². The van der Waals surface area contributed by atoms with E-state index in [9.17, 15) is 0 Å². The third-order valence-electron chi connectivity index (χ3n) is 0. The van der Waals surface area contributed by atoms with Gasteiger partial charge >= 0.3 is 0 Å². The highest BCUT2D eigenvalue weighted by Gasteiger charge is 1.96. The first-order chi connectivity index (χ1) is 5.00. The molecule has 0 fully saturated rings. The summed E-state index contributed by atoms with van der Waals surface area (Å²) >= 11 is 0. The highest BCUT2D eigenvalue weighted by Crippen LogP contribution is 2.08. The summed E-state index contributed by atoms with van der Waals surface area (Å²) in [6.45, 7) is 21.5. The van der Waals surface area contributed by atoms with Crippen molar-refractivity contribution in [2.75, 3.05) is 0 Å². The highest BCUT2D eigenvalue weighted by atomic mass is 14.0. The lowest BCUT2D eigenvalue weighted by Crippen LogP contribution is -1.93. The molecule has 0 heterocycles. The van der Waals surface area contributed by atoms with Gasteiger partial charge in [-0.3, -0.25) is 0 Å². The molecular formula is C12H32. The van der Waals surface area contributed by atoms with E-state index in [0.29, 0.717) is 10.8 Å². The molecule has 0 aliphatic carbocycles. The van der Waals surface area contributed by atoms with Crippen LogP contribution in [0.5, 0.6) is 0 Å². The summed E-state index contributed by atoms with van der Waals surface area (Å²) in [5.41, 5.74) is 1.00. The molecule has 0 nitrogen and oxygen atoms in total. The molecule has 0 rings (SSSR count). The largest absolute Gasteiger partial charge is 0.0683 e. The van der Waals surface area contributed by atoms with Crippen LogP contribution in [0, 0.1) is 10.8 Å². The molecule has 0 aromatic heterocycles. The highest BCUT2D eigenvalue weighted by molar-refractivity contribution is 4.47. The molecule has 0 amide bonds. The lowest BCUT2D eigenvalue weighted by atomic mass is 10.0. The van der Waals surface area contributed by atoms with Gasteiger partial charge in [0.2, 0.25) is 0 Å². The second kappa shape index (κ2) is 7.64. The summed E-state index contributed by atoms with van der Waals surface area (Å²) in [4.78, 5) is 0. The fourth-order valence-electron chi connectivity index (χ4n) is 0. The van der Waals surface area contributed by atoms with Crippen LogP contribution in [0.1, 0.15) is 70.7 Å². The van der Waals surface area contributed by atoms with Crippen molar-refractivity contribution >= 4 is 0 Å². The minimum Gasteiger partial charge on any atom is -0.0683 e. The lowest BCUT2D eigenvalue weighted by molar-refractivity contribution is 0.469. The molecule has 0 unspecified atom stereocenters. The van der Waals surface area contributed by atoms with Crippen LogP contribution in [0.15, 0.2) is 0 Å². The Balaban J connectivity index is -0.0000000491. The van der Waals surface area contributed by atoms with Crippen LogP contribution >= 0.6 is 0 Å². The first-order valence-corrected chi connectivity index (χ1v) is 5.00. The summed E-state index contributed by atoms with van der Waals surface area (Å²) in [6, 6.07) is 0. The van der Waals surface area contributed by atoms with Crippen molar-refractivity contribution in [2.45, 2.75) is 69.2 Å². The van der Waals surface area contributed by atoms with Gasteiger partial charge in [-0.15, -0.1) is 0 Å². The predicted molar refractivity (Wildman–Crippen MR) is 63.7 cm³/mol. The maximum Gasteiger partial charge on any atom is 0 e. The molecule has 0 saturated heterocycles. The van der Waals surface area contributed by atoms with E-state index in [-0.39, 0.29) is 1.43 Å². The molecule has 0 N–H and O–H groups in total. The van der Waals surface area contributed by atoms with Gasteiger partial charge in [0.1, 0.15) is 0 Å². The van der Waals surface area contributed by atoms with E-state index in [2.05, 4.69) is 55.4 Å². The van der Waals surface area contributed by atoms with E-state index < -0.39 is 0 Å². The van der Waals surface area contributed by atoms with Crippen molar-refractivity contribution in [3.05, 3.63) is 0 Å². The van der Waals surface area contributed by atoms with E-state index in [1.807, 2.05) is 13.8 Å². The molecule has 0 bridgehead atoms. The van der Waals surface area contributed by atoms with Gasteiger partial charge in [0, 0.05) is 1.43 Å². The Morgan fingerprint density at radius 2 is 0.500 bits per heavy atom. The second-order valence-electron chi connectivity index (χ2n) is 6.00. The van der Waals surface area contributed by atoms with Gasteiger partial charge < -0.3 is 0 Å². The van der Waals surface area contributed by atoms with Crippen LogP contribution in [0.25, 0.3) is 0 Å². The minimum atomic E-state index is 0. The fraction of sp³-hybridized carbons (Fsp3) is 1.00. The minimum absolute atomic E-state index is 0. The number of rotatable bonds is 0. The summed E-state index contributed by atoms with van der Waals surface area (Å²) in [6.07, 6.45) is 0. The van der Waals surface area contributed by atoms with Crippen molar-refractivity contribution in [3.63, 3.8) is 0 Å². The average Bonchev–Trinajstić information content (AvgIpc) is 1.59. The maximum atomic E-state index is 2.19. The molecular weight excluding hydrogens is 144 g/mol. The smallest absolute Gasteiger partial charge is 0 e. The molecule has 0 aliphatic heterocycles. The standard InChI is InChI=1S/2C5H12.C2H6.H2/c2*1-5(2,3)4;1-2;/h2*1-4H3;1-2H3;1H/i;;;1+1. The summed E-state index contributed by atoms with van der Waals surface area (Å²) in [5, 5.41) is 0. The maximum absolute atomic E-state index is 2.19. The van der Waals surface area contributed by atoms with Crippen LogP contribution in [0.2, 0.25) is 0 Å². The molecule has 0 saturated carbocycles. The van der Waals surface area contributed by atoms with Crippen molar-refractivity contribution in [2.24, 2.45) is 10.8 Å². The molecule has 0 atom stereocenters. The molecule has 80 valence electrons. The van der Waals surface area contributed by atoms with E-state index in [4.69, 9.17) is 0 Å². The fourth-order valence-corrected chi connectivity index (χ4v) is 0. The van der Waals surface area contributed by atoms with E-state index in [0.717, 1.165) is 0 Å². The zero-order valence-corrected chi connectivity index (χ0v) is 11.0. The van der Waals surface area contributed by atoms with Gasteiger partial charge in [-0.05, 0) is 10.8 Å². The molecule has 0 aromatic carbocycles. The summed E-state index contributed by atoms with van der Waals surface area (Å²) < 4.78 is 0. The van der Waals surface area contributed by atoms with Crippen molar-refractivity contribution < 1.29 is 1.43 Å². The first kappa shape index (κ1) is 17.9. The van der Waals surface area contributed by atoms with Crippen LogP contribution in [0.4, 0.5) is 0 Å².